The molecule has 2 rings (SSSR count). The number of aromatic nitrogens is 1. The van der Waals surface area contributed by atoms with Crippen molar-refractivity contribution in [3.8, 4) is 5.75 Å². The molecule has 0 spiro atoms. The Bertz CT molecular complexity index is 603. The van der Waals surface area contributed by atoms with E-state index in [1.54, 1.807) is 31.1 Å². The van der Waals surface area contributed by atoms with Gasteiger partial charge in [-0.1, -0.05) is 11.2 Å². The topological polar surface area (TPSA) is 80.7 Å². The van der Waals surface area contributed by atoms with E-state index in [4.69, 9.17) is 15.7 Å². The van der Waals surface area contributed by atoms with Crippen LogP contribution in [-0.2, 0) is 5.75 Å². The first-order valence-corrected chi connectivity index (χ1v) is 6.92. The van der Waals surface area contributed by atoms with E-state index >= 15 is 0 Å². The van der Waals surface area contributed by atoms with Crippen molar-refractivity contribution in [2.24, 2.45) is 10.9 Å². The van der Waals surface area contributed by atoms with Gasteiger partial charge in [-0.25, -0.2) is 4.98 Å². The zero-order valence-electron chi connectivity index (χ0n) is 11.0. The lowest BCUT2D eigenvalue weighted by molar-refractivity contribution is 0.318. The summed E-state index contributed by atoms with van der Waals surface area (Å²) < 4.78 is 5.33. The molecular weight excluding hydrogens is 274 g/mol. The maximum atomic E-state index is 8.73. The lowest BCUT2D eigenvalue weighted by Crippen LogP contribution is -2.13. The Morgan fingerprint density at radius 1 is 1.40 bits per heavy atom. The molecule has 2 aromatic rings. The minimum absolute atomic E-state index is 0.0803. The average Bonchev–Trinajstić information content (AvgIpc) is 2.52. The van der Waals surface area contributed by atoms with Gasteiger partial charge in [0.05, 0.1) is 12.1 Å². The summed E-state index contributed by atoms with van der Waals surface area (Å²) in [6, 6.07) is 11.2. The van der Waals surface area contributed by atoms with Crippen LogP contribution in [0.3, 0.4) is 0 Å². The van der Waals surface area contributed by atoms with E-state index < -0.39 is 0 Å². The van der Waals surface area contributed by atoms with Gasteiger partial charge >= 0.3 is 0 Å². The van der Waals surface area contributed by atoms with E-state index in [1.807, 2.05) is 30.3 Å². The Kier molecular flexibility index (Phi) is 4.84. The fraction of sp³-hybridized carbons (Fsp3) is 0.143. The number of nitrogens with zero attached hydrogens (tertiary/aromatic N) is 2. The van der Waals surface area contributed by atoms with Crippen LogP contribution in [0, 0.1) is 0 Å². The molecule has 0 aliphatic carbocycles. The molecule has 0 atom stereocenters. The molecule has 104 valence electrons. The zero-order chi connectivity index (χ0) is 14.4. The number of hydrogen-bond donors (Lipinski definition) is 2. The molecule has 0 amide bonds. The minimum Gasteiger partial charge on any atom is -0.496 e. The number of hydrogen-bond acceptors (Lipinski definition) is 5. The van der Waals surface area contributed by atoms with Crippen molar-refractivity contribution in [2.45, 2.75) is 10.8 Å². The van der Waals surface area contributed by atoms with Gasteiger partial charge in [-0.15, -0.1) is 11.8 Å². The summed E-state index contributed by atoms with van der Waals surface area (Å²) in [6.45, 7) is 0. The van der Waals surface area contributed by atoms with Gasteiger partial charge in [-0.3, -0.25) is 0 Å². The highest BCUT2D eigenvalue weighted by atomic mass is 32.2. The second-order valence-electron chi connectivity index (χ2n) is 3.97. The van der Waals surface area contributed by atoms with Gasteiger partial charge in [0.25, 0.3) is 0 Å². The molecule has 0 bridgehead atoms. The predicted molar refractivity (Wildman–Crippen MR) is 79.3 cm³/mol. The fourth-order valence-electron chi connectivity index (χ4n) is 1.69. The summed E-state index contributed by atoms with van der Waals surface area (Å²) >= 11 is 1.60. The largest absolute Gasteiger partial charge is 0.496 e. The number of nitrogens with two attached hydrogens (primary N) is 1. The molecule has 1 aromatic carbocycles. The van der Waals surface area contributed by atoms with Gasteiger partial charge < -0.3 is 15.7 Å². The molecule has 0 radical (unpaired) electrons. The SMILES string of the molecule is COc1ccc(/C(N)=N/O)cc1CSc1ccccn1. The number of oxime groups is 1. The van der Waals surface area contributed by atoms with E-state index in [9.17, 15) is 0 Å². The van der Waals surface area contributed by atoms with E-state index in [0.717, 1.165) is 16.3 Å². The van der Waals surface area contributed by atoms with Gasteiger partial charge in [0.15, 0.2) is 5.84 Å². The van der Waals surface area contributed by atoms with Crippen molar-refractivity contribution >= 4 is 17.6 Å². The normalized spacial score (nSPS) is 11.3. The van der Waals surface area contributed by atoms with Gasteiger partial charge in [-0.2, -0.15) is 0 Å². The van der Waals surface area contributed by atoms with Gasteiger partial charge in [-0.05, 0) is 30.3 Å². The van der Waals surface area contributed by atoms with Crippen LogP contribution in [0.1, 0.15) is 11.1 Å². The first-order valence-electron chi connectivity index (χ1n) is 5.93. The quantitative estimate of drug-likeness (QED) is 0.290. The number of benzene rings is 1. The van der Waals surface area contributed by atoms with Crippen LogP contribution in [0.5, 0.6) is 5.75 Å². The second kappa shape index (κ2) is 6.81. The van der Waals surface area contributed by atoms with Crippen molar-refractivity contribution in [2.75, 3.05) is 7.11 Å². The maximum absolute atomic E-state index is 8.73. The molecule has 0 saturated heterocycles. The van der Waals surface area contributed by atoms with Crippen molar-refractivity contribution < 1.29 is 9.94 Å². The standard InChI is InChI=1S/C14H15N3O2S/c1-19-12-6-5-10(14(15)17-18)8-11(12)9-20-13-4-2-3-7-16-13/h2-8,18H,9H2,1H3,(H2,15,17). The molecule has 0 unspecified atom stereocenters. The minimum atomic E-state index is 0.0803. The van der Waals surface area contributed by atoms with Crippen molar-refractivity contribution in [3.63, 3.8) is 0 Å². The summed E-state index contributed by atoms with van der Waals surface area (Å²) in [4.78, 5) is 4.26. The molecule has 0 fully saturated rings. The third-order valence-electron chi connectivity index (χ3n) is 2.70. The Morgan fingerprint density at radius 3 is 2.90 bits per heavy atom. The van der Waals surface area contributed by atoms with Crippen molar-refractivity contribution in [1.82, 2.24) is 4.98 Å². The fourth-order valence-corrected chi connectivity index (χ4v) is 2.53. The highest BCUT2D eigenvalue weighted by Crippen LogP contribution is 2.27. The van der Waals surface area contributed by atoms with Crippen LogP contribution < -0.4 is 10.5 Å². The lowest BCUT2D eigenvalue weighted by atomic mass is 10.1. The van der Waals surface area contributed by atoms with Gasteiger partial charge in [0, 0.05) is 23.1 Å². The highest BCUT2D eigenvalue weighted by Gasteiger charge is 2.08. The van der Waals surface area contributed by atoms with Gasteiger partial charge in [0.1, 0.15) is 5.75 Å². The monoisotopic (exact) mass is 289 g/mol. The summed E-state index contributed by atoms with van der Waals surface area (Å²) in [7, 11) is 1.62. The molecule has 6 heteroatoms. The van der Waals surface area contributed by atoms with E-state index in [0.29, 0.717) is 11.3 Å². The van der Waals surface area contributed by atoms with Crippen LogP contribution in [0.2, 0.25) is 0 Å². The Balaban J connectivity index is 2.20. The number of ether oxygens (including phenoxy) is 1. The number of methoxy groups -OCH3 is 1. The molecule has 0 aliphatic rings. The van der Waals surface area contributed by atoms with E-state index in [2.05, 4.69) is 10.1 Å². The number of thioether (sulfide) groups is 1. The molecule has 1 heterocycles. The van der Waals surface area contributed by atoms with Gasteiger partial charge in [0.2, 0.25) is 0 Å². The molecule has 3 N–H and O–H groups in total. The molecule has 0 aliphatic heterocycles. The molecule has 20 heavy (non-hydrogen) atoms. The zero-order valence-corrected chi connectivity index (χ0v) is 11.8. The molecule has 1 aromatic heterocycles. The first-order chi connectivity index (χ1) is 9.74. The summed E-state index contributed by atoms with van der Waals surface area (Å²) in [5.74, 6) is 1.53. The molecule has 0 saturated carbocycles. The lowest BCUT2D eigenvalue weighted by Gasteiger charge is -2.10. The maximum Gasteiger partial charge on any atom is 0.170 e. The summed E-state index contributed by atoms with van der Waals surface area (Å²) in [5.41, 5.74) is 7.22. The molecule has 5 nitrogen and oxygen atoms in total. The Hall–Kier alpha value is -2.21. The number of pyridine rings is 1. The Morgan fingerprint density at radius 2 is 2.25 bits per heavy atom. The van der Waals surface area contributed by atoms with Crippen LogP contribution in [0.25, 0.3) is 0 Å². The number of amidine groups is 1. The summed E-state index contributed by atoms with van der Waals surface area (Å²) in [6.07, 6.45) is 1.76. The van der Waals surface area contributed by atoms with E-state index in [-0.39, 0.29) is 5.84 Å². The highest BCUT2D eigenvalue weighted by molar-refractivity contribution is 7.98. The average molecular weight is 289 g/mol. The van der Waals surface area contributed by atoms with Crippen LogP contribution in [-0.4, -0.2) is 23.1 Å². The van der Waals surface area contributed by atoms with Crippen molar-refractivity contribution in [1.29, 1.82) is 0 Å². The summed E-state index contributed by atoms with van der Waals surface area (Å²) in [5, 5.41) is 12.7. The third-order valence-corrected chi connectivity index (χ3v) is 3.69. The first kappa shape index (κ1) is 14.2. The predicted octanol–water partition coefficient (Wildman–Crippen LogP) is 2.48. The van der Waals surface area contributed by atoms with Crippen LogP contribution in [0.15, 0.2) is 52.8 Å². The second-order valence-corrected chi connectivity index (χ2v) is 4.96. The third kappa shape index (κ3) is 3.42. The van der Waals surface area contributed by atoms with Crippen LogP contribution in [0.4, 0.5) is 0 Å². The van der Waals surface area contributed by atoms with Crippen molar-refractivity contribution in [3.05, 3.63) is 53.7 Å². The van der Waals surface area contributed by atoms with Crippen LogP contribution >= 0.6 is 11.8 Å². The smallest absolute Gasteiger partial charge is 0.170 e. The van der Waals surface area contributed by atoms with E-state index in [1.165, 1.54) is 0 Å². The number of rotatable bonds is 5. The molecular formula is C14H15N3O2S. The Labute approximate surface area is 121 Å².